The number of rotatable bonds is 1. The molecule has 0 aliphatic carbocycles. The lowest BCUT2D eigenvalue weighted by Crippen LogP contribution is -2.11. The van der Waals surface area contributed by atoms with E-state index in [0.717, 1.165) is 0 Å². The fourth-order valence-corrected chi connectivity index (χ4v) is 0.816. The summed E-state index contributed by atoms with van der Waals surface area (Å²) in [6.07, 6.45) is 0. The van der Waals surface area contributed by atoms with Crippen molar-refractivity contribution in [1.29, 1.82) is 0 Å². The van der Waals surface area contributed by atoms with Crippen molar-refractivity contribution in [3.05, 3.63) is 26.4 Å². The van der Waals surface area contributed by atoms with Crippen LogP contribution in [0.5, 0.6) is 0 Å². The standard InChI is InChI=1S/C5H3Cl2FN2O/c6-3-4(7)9-2(1-8)10-5(3)11/h1H2,(H,9,10,11). The summed E-state index contributed by atoms with van der Waals surface area (Å²) in [5.74, 6) is -0.121. The van der Waals surface area contributed by atoms with Crippen LogP contribution < -0.4 is 5.56 Å². The van der Waals surface area contributed by atoms with Crippen LogP contribution in [0.2, 0.25) is 10.2 Å². The van der Waals surface area contributed by atoms with Crippen molar-refractivity contribution in [3.63, 3.8) is 0 Å². The summed E-state index contributed by atoms with van der Waals surface area (Å²) in [5.41, 5.74) is -0.626. The van der Waals surface area contributed by atoms with Crippen LogP contribution in [-0.4, -0.2) is 9.97 Å². The third-order valence-corrected chi connectivity index (χ3v) is 1.72. The lowest BCUT2D eigenvalue weighted by Gasteiger charge is -1.95. The summed E-state index contributed by atoms with van der Waals surface area (Å²) in [6, 6.07) is 0. The van der Waals surface area contributed by atoms with E-state index in [-0.39, 0.29) is 16.0 Å². The van der Waals surface area contributed by atoms with Crippen LogP contribution in [-0.2, 0) is 6.67 Å². The fraction of sp³-hybridized carbons (Fsp3) is 0.200. The van der Waals surface area contributed by atoms with Crippen LogP contribution in [0.3, 0.4) is 0 Å². The van der Waals surface area contributed by atoms with Gasteiger partial charge < -0.3 is 4.98 Å². The molecule has 0 saturated heterocycles. The number of aromatic nitrogens is 2. The molecule has 60 valence electrons. The van der Waals surface area contributed by atoms with E-state index in [0.29, 0.717) is 0 Å². The highest BCUT2D eigenvalue weighted by Crippen LogP contribution is 2.13. The van der Waals surface area contributed by atoms with Crippen LogP contribution in [0.1, 0.15) is 5.82 Å². The molecule has 0 aromatic carbocycles. The second kappa shape index (κ2) is 3.19. The number of nitrogens with one attached hydrogen (secondary N) is 1. The summed E-state index contributed by atoms with van der Waals surface area (Å²) < 4.78 is 11.9. The lowest BCUT2D eigenvalue weighted by atomic mass is 10.6. The van der Waals surface area contributed by atoms with Gasteiger partial charge in [-0.3, -0.25) is 4.79 Å². The van der Waals surface area contributed by atoms with E-state index in [1.807, 2.05) is 0 Å². The van der Waals surface area contributed by atoms with Crippen LogP contribution >= 0.6 is 23.2 Å². The van der Waals surface area contributed by atoms with Gasteiger partial charge in [0, 0.05) is 0 Å². The first kappa shape index (κ1) is 8.49. The highest BCUT2D eigenvalue weighted by molar-refractivity contribution is 6.40. The van der Waals surface area contributed by atoms with Crippen molar-refractivity contribution in [2.24, 2.45) is 0 Å². The fourth-order valence-electron chi connectivity index (χ4n) is 0.538. The van der Waals surface area contributed by atoms with Crippen molar-refractivity contribution in [2.75, 3.05) is 0 Å². The van der Waals surface area contributed by atoms with Gasteiger partial charge in [-0.15, -0.1) is 0 Å². The Balaban J connectivity index is 3.32. The summed E-state index contributed by atoms with van der Waals surface area (Å²) in [4.78, 5) is 16.3. The molecule has 0 aliphatic rings. The molecular formula is C5H3Cl2FN2O. The number of hydrogen-bond donors (Lipinski definition) is 1. The van der Waals surface area contributed by atoms with E-state index in [1.54, 1.807) is 0 Å². The number of H-pyrrole nitrogens is 1. The van der Waals surface area contributed by atoms with Crippen molar-refractivity contribution in [3.8, 4) is 0 Å². The topological polar surface area (TPSA) is 45.8 Å². The van der Waals surface area contributed by atoms with E-state index in [2.05, 4.69) is 9.97 Å². The number of aromatic amines is 1. The molecule has 3 nitrogen and oxygen atoms in total. The Morgan fingerprint density at radius 2 is 2.18 bits per heavy atom. The first-order valence-electron chi connectivity index (χ1n) is 2.65. The molecule has 0 bridgehead atoms. The maximum atomic E-state index is 11.9. The van der Waals surface area contributed by atoms with Gasteiger partial charge in [0.25, 0.3) is 5.56 Å². The quantitative estimate of drug-likeness (QED) is 0.694. The highest BCUT2D eigenvalue weighted by Gasteiger charge is 2.05. The monoisotopic (exact) mass is 196 g/mol. The minimum absolute atomic E-state index is 0.121. The molecule has 11 heavy (non-hydrogen) atoms. The first-order valence-corrected chi connectivity index (χ1v) is 3.41. The van der Waals surface area contributed by atoms with E-state index < -0.39 is 12.2 Å². The maximum absolute atomic E-state index is 11.9. The van der Waals surface area contributed by atoms with Gasteiger partial charge >= 0.3 is 0 Å². The molecule has 0 fully saturated rings. The Labute approximate surface area is 71.2 Å². The SMILES string of the molecule is O=c1[nH]c(CF)nc(Cl)c1Cl. The molecule has 1 heterocycles. The molecule has 1 rings (SSSR count). The number of alkyl halides is 1. The predicted octanol–water partition coefficient (Wildman–Crippen LogP) is 1.55. The van der Waals surface area contributed by atoms with Crippen molar-refractivity contribution in [2.45, 2.75) is 6.67 Å². The van der Waals surface area contributed by atoms with Crippen LogP contribution in [0.4, 0.5) is 4.39 Å². The third-order valence-electron chi connectivity index (χ3n) is 0.998. The lowest BCUT2D eigenvalue weighted by molar-refractivity contribution is 0.464. The Hall–Kier alpha value is -0.610. The molecule has 0 radical (unpaired) electrons. The third kappa shape index (κ3) is 1.70. The summed E-state index contributed by atoms with van der Waals surface area (Å²) in [5, 5.41) is -0.396. The predicted molar refractivity (Wildman–Crippen MR) is 39.7 cm³/mol. The number of halogens is 3. The first-order chi connectivity index (χ1) is 5.15. The Morgan fingerprint density at radius 1 is 1.55 bits per heavy atom. The van der Waals surface area contributed by atoms with E-state index in [4.69, 9.17) is 23.2 Å². The maximum Gasteiger partial charge on any atom is 0.271 e. The zero-order chi connectivity index (χ0) is 8.43. The molecule has 0 aliphatic heterocycles. The van der Waals surface area contributed by atoms with Gasteiger partial charge in [0.2, 0.25) is 0 Å². The molecule has 0 spiro atoms. The van der Waals surface area contributed by atoms with Crippen molar-refractivity contribution >= 4 is 23.2 Å². The van der Waals surface area contributed by atoms with Gasteiger partial charge in [0.1, 0.15) is 17.5 Å². The molecule has 1 aromatic rings. The van der Waals surface area contributed by atoms with Crippen molar-refractivity contribution < 1.29 is 4.39 Å². The molecule has 1 aromatic heterocycles. The van der Waals surface area contributed by atoms with Gasteiger partial charge in [0.05, 0.1) is 0 Å². The molecule has 0 saturated carbocycles. The van der Waals surface area contributed by atoms with E-state index in [1.165, 1.54) is 0 Å². The Kier molecular flexibility index (Phi) is 2.46. The number of nitrogens with zero attached hydrogens (tertiary/aromatic N) is 1. The van der Waals surface area contributed by atoms with Gasteiger partial charge in [-0.05, 0) is 0 Å². The van der Waals surface area contributed by atoms with Gasteiger partial charge in [-0.1, -0.05) is 23.2 Å². The second-order valence-electron chi connectivity index (χ2n) is 1.75. The summed E-state index contributed by atoms with van der Waals surface area (Å²) in [6.45, 7) is -0.869. The van der Waals surface area contributed by atoms with Crippen LogP contribution in [0.15, 0.2) is 4.79 Å². The number of hydrogen-bond acceptors (Lipinski definition) is 2. The van der Waals surface area contributed by atoms with Gasteiger partial charge in [-0.25, -0.2) is 9.37 Å². The minimum atomic E-state index is -0.869. The molecule has 0 unspecified atom stereocenters. The average molecular weight is 197 g/mol. The normalized spacial score (nSPS) is 10.1. The molecule has 1 N–H and O–H groups in total. The molecule has 0 atom stereocenters. The highest BCUT2D eigenvalue weighted by atomic mass is 35.5. The Bertz CT molecular complexity index is 325. The summed E-state index contributed by atoms with van der Waals surface area (Å²) in [7, 11) is 0. The molecule has 6 heteroatoms. The largest absolute Gasteiger partial charge is 0.307 e. The van der Waals surface area contributed by atoms with Gasteiger partial charge in [-0.2, -0.15) is 0 Å². The average Bonchev–Trinajstić information content (AvgIpc) is 1.99. The van der Waals surface area contributed by atoms with Crippen LogP contribution in [0, 0.1) is 0 Å². The van der Waals surface area contributed by atoms with E-state index in [9.17, 15) is 9.18 Å². The molecule has 0 amide bonds. The van der Waals surface area contributed by atoms with Gasteiger partial charge in [0.15, 0.2) is 5.15 Å². The van der Waals surface area contributed by atoms with Crippen molar-refractivity contribution in [1.82, 2.24) is 9.97 Å². The van der Waals surface area contributed by atoms with Crippen LogP contribution in [0.25, 0.3) is 0 Å². The minimum Gasteiger partial charge on any atom is -0.307 e. The Morgan fingerprint density at radius 3 is 2.64 bits per heavy atom. The summed E-state index contributed by atoms with van der Waals surface area (Å²) >= 11 is 10.7. The zero-order valence-corrected chi connectivity index (χ0v) is 6.71. The van der Waals surface area contributed by atoms with E-state index >= 15 is 0 Å². The second-order valence-corrected chi connectivity index (χ2v) is 2.49. The smallest absolute Gasteiger partial charge is 0.271 e. The molecular weight excluding hydrogens is 194 g/mol. The zero-order valence-electron chi connectivity index (χ0n) is 5.20.